The molecule has 0 saturated heterocycles. The molecule has 2 saturated carbocycles. The van der Waals surface area contributed by atoms with Gasteiger partial charge in [0.05, 0.1) is 0 Å². The quantitative estimate of drug-likeness (QED) is 0.730. The molecular weight excluding hydrogens is 170 g/mol. The van der Waals surface area contributed by atoms with Gasteiger partial charge >= 0.3 is 0 Å². The fourth-order valence-corrected chi connectivity index (χ4v) is 2.95. The monoisotopic (exact) mass is 195 g/mol. The lowest BCUT2D eigenvalue weighted by Crippen LogP contribution is -2.40. The topological polar surface area (TPSA) is 12.0 Å². The van der Waals surface area contributed by atoms with Gasteiger partial charge in [-0.2, -0.15) is 0 Å². The van der Waals surface area contributed by atoms with Crippen LogP contribution in [-0.2, 0) is 0 Å². The van der Waals surface area contributed by atoms with E-state index >= 15 is 0 Å². The molecule has 1 N–H and O–H groups in total. The minimum Gasteiger partial charge on any atom is -0.313 e. The summed E-state index contributed by atoms with van der Waals surface area (Å²) in [6.45, 7) is 8.47. The van der Waals surface area contributed by atoms with Gasteiger partial charge in [0.1, 0.15) is 0 Å². The van der Waals surface area contributed by atoms with Gasteiger partial charge in [0.25, 0.3) is 0 Å². The van der Waals surface area contributed by atoms with E-state index in [0.29, 0.717) is 0 Å². The molecule has 0 radical (unpaired) electrons. The maximum Gasteiger partial charge on any atom is 0.00930 e. The fourth-order valence-electron chi connectivity index (χ4n) is 2.95. The van der Waals surface area contributed by atoms with Gasteiger partial charge in [-0.3, -0.25) is 0 Å². The van der Waals surface area contributed by atoms with Crippen molar-refractivity contribution >= 4 is 0 Å². The van der Waals surface area contributed by atoms with Crippen LogP contribution in [0.2, 0.25) is 0 Å². The molecule has 82 valence electrons. The summed E-state index contributed by atoms with van der Waals surface area (Å²) in [6.07, 6.45) is 5.73. The van der Waals surface area contributed by atoms with Crippen molar-refractivity contribution < 1.29 is 0 Å². The van der Waals surface area contributed by atoms with Gasteiger partial charge in [0, 0.05) is 6.04 Å². The molecule has 0 spiro atoms. The van der Waals surface area contributed by atoms with Crippen molar-refractivity contribution in [1.29, 1.82) is 0 Å². The molecule has 0 heterocycles. The van der Waals surface area contributed by atoms with E-state index in [1.54, 1.807) is 0 Å². The Bertz CT molecular complexity index is 190. The Labute approximate surface area is 88.7 Å². The van der Waals surface area contributed by atoms with Gasteiger partial charge in [0.15, 0.2) is 0 Å². The average Bonchev–Trinajstić information content (AvgIpc) is 2.80. The first kappa shape index (κ1) is 10.5. The maximum atomic E-state index is 3.78. The Kier molecular flexibility index (Phi) is 3.16. The Hall–Kier alpha value is -0.0400. The summed E-state index contributed by atoms with van der Waals surface area (Å²) >= 11 is 0. The first-order valence-corrected chi connectivity index (χ1v) is 6.40. The highest BCUT2D eigenvalue weighted by atomic mass is 14.9. The number of rotatable bonds is 3. The van der Waals surface area contributed by atoms with Crippen LogP contribution in [0.4, 0.5) is 0 Å². The van der Waals surface area contributed by atoms with Crippen molar-refractivity contribution in [3.8, 4) is 0 Å². The van der Waals surface area contributed by atoms with Crippen LogP contribution in [0.25, 0.3) is 0 Å². The van der Waals surface area contributed by atoms with E-state index in [4.69, 9.17) is 0 Å². The van der Waals surface area contributed by atoms with Gasteiger partial charge in [0.2, 0.25) is 0 Å². The van der Waals surface area contributed by atoms with E-state index in [-0.39, 0.29) is 0 Å². The SMILES string of the molecule is CC1CCC(NCC2CC2C)C(C)C1. The summed E-state index contributed by atoms with van der Waals surface area (Å²) < 4.78 is 0. The molecule has 1 heteroatoms. The Morgan fingerprint density at radius 1 is 1.00 bits per heavy atom. The second kappa shape index (κ2) is 4.22. The van der Waals surface area contributed by atoms with E-state index in [2.05, 4.69) is 26.1 Å². The van der Waals surface area contributed by atoms with Crippen molar-refractivity contribution in [2.24, 2.45) is 23.7 Å². The van der Waals surface area contributed by atoms with Crippen LogP contribution in [-0.4, -0.2) is 12.6 Å². The normalized spacial score (nSPS) is 47.8. The fraction of sp³-hybridized carbons (Fsp3) is 1.00. The van der Waals surface area contributed by atoms with Crippen LogP contribution >= 0.6 is 0 Å². The van der Waals surface area contributed by atoms with Crippen LogP contribution in [0.3, 0.4) is 0 Å². The highest BCUT2D eigenvalue weighted by Gasteiger charge is 2.33. The molecule has 14 heavy (non-hydrogen) atoms. The lowest BCUT2D eigenvalue weighted by molar-refractivity contribution is 0.226. The molecule has 1 nitrogen and oxygen atoms in total. The maximum absolute atomic E-state index is 3.78. The van der Waals surface area contributed by atoms with Crippen LogP contribution in [0.15, 0.2) is 0 Å². The summed E-state index contributed by atoms with van der Waals surface area (Å²) in [5, 5.41) is 3.78. The van der Waals surface area contributed by atoms with E-state index < -0.39 is 0 Å². The molecule has 0 bridgehead atoms. The Balaban J connectivity index is 1.69. The van der Waals surface area contributed by atoms with Crippen LogP contribution < -0.4 is 5.32 Å². The van der Waals surface area contributed by atoms with Crippen molar-refractivity contribution in [2.45, 2.75) is 52.5 Å². The predicted octanol–water partition coefficient (Wildman–Crippen LogP) is 3.06. The molecule has 2 aliphatic carbocycles. The average molecular weight is 195 g/mol. The number of nitrogens with one attached hydrogen (secondary N) is 1. The van der Waals surface area contributed by atoms with E-state index in [1.807, 2.05) is 0 Å². The standard InChI is InChI=1S/C13H25N/c1-9-4-5-13(11(3)6-9)14-8-12-7-10(12)2/h9-14H,4-8H2,1-3H3. The van der Waals surface area contributed by atoms with Crippen LogP contribution in [0, 0.1) is 23.7 Å². The molecule has 5 unspecified atom stereocenters. The Morgan fingerprint density at radius 2 is 1.71 bits per heavy atom. The summed E-state index contributed by atoms with van der Waals surface area (Å²) in [6, 6.07) is 0.819. The summed E-state index contributed by atoms with van der Waals surface area (Å²) in [5.41, 5.74) is 0. The second-order valence-electron chi connectivity index (χ2n) is 5.88. The van der Waals surface area contributed by atoms with Crippen LogP contribution in [0.5, 0.6) is 0 Å². The van der Waals surface area contributed by atoms with Crippen molar-refractivity contribution in [3.05, 3.63) is 0 Å². The highest BCUT2D eigenvalue weighted by molar-refractivity contribution is 4.87. The van der Waals surface area contributed by atoms with Gasteiger partial charge in [-0.05, 0) is 55.9 Å². The lowest BCUT2D eigenvalue weighted by atomic mass is 9.80. The Morgan fingerprint density at radius 3 is 2.29 bits per heavy atom. The molecule has 0 amide bonds. The molecule has 0 aliphatic heterocycles. The zero-order valence-electron chi connectivity index (χ0n) is 9.92. The lowest BCUT2D eigenvalue weighted by Gasteiger charge is -2.33. The first-order chi connectivity index (χ1) is 6.66. The first-order valence-electron chi connectivity index (χ1n) is 6.40. The molecule has 0 aromatic heterocycles. The van der Waals surface area contributed by atoms with E-state index in [1.165, 1.54) is 32.2 Å². The van der Waals surface area contributed by atoms with E-state index in [9.17, 15) is 0 Å². The van der Waals surface area contributed by atoms with Crippen LogP contribution in [0.1, 0.15) is 46.5 Å². The van der Waals surface area contributed by atoms with Crippen molar-refractivity contribution in [2.75, 3.05) is 6.54 Å². The second-order valence-corrected chi connectivity index (χ2v) is 5.88. The summed E-state index contributed by atoms with van der Waals surface area (Å²) in [4.78, 5) is 0. The predicted molar refractivity (Wildman–Crippen MR) is 61.2 cm³/mol. The zero-order chi connectivity index (χ0) is 10.1. The molecule has 2 rings (SSSR count). The molecule has 2 fully saturated rings. The summed E-state index contributed by atoms with van der Waals surface area (Å²) in [5.74, 6) is 3.86. The zero-order valence-corrected chi connectivity index (χ0v) is 9.92. The van der Waals surface area contributed by atoms with Gasteiger partial charge < -0.3 is 5.32 Å². The van der Waals surface area contributed by atoms with Gasteiger partial charge in [-0.15, -0.1) is 0 Å². The third-order valence-electron chi connectivity index (χ3n) is 4.35. The van der Waals surface area contributed by atoms with Crippen molar-refractivity contribution in [1.82, 2.24) is 5.32 Å². The minimum absolute atomic E-state index is 0.819. The highest BCUT2D eigenvalue weighted by Crippen LogP contribution is 2.37. The number of hydrogen-bond donors (Lipinski definition) is 1. The smallest absolute Gasteiger partial charge is 0.00930 e. The molecule has 2 aliphatic rings. The molecule has 0 aromatic rings. The largest absolute Gasteiger partial charge is 0.313 e. The molecule has 0 aromatic carbocycles. The van der Waals surface area contributed by atoms with Crippen molar-refractivity contribution in [3.63, 3.8) is 0 Å². The van der Waals surface area contributed by atoms with Gasteiger partial charge in [-0.1, -0.05) is 20.8 Å². The third-order valence-corrected chi connectivity index (χ3v) is 4.35. The molecule has 5 atom stereocenters. The molecular formula is C13H25N. The minimum atomic E-state index is 0.819. The summed E-state index contributed by atoms with van der Waals surface area (Å²) in [7, 11) is 0. The van der Waals surface area contributed by atoms with E-state index in [0.717, 1.165) is 29.7 Å². The third kappa shape index (κ3) is 2.50. The van der Waals surface area contributed by atoms with Gasteiger partial charge in [-0.25, -0.2) is 0 Å². The number of hydrogen-bond acceptors (Lipinski definition) is 1.